The molecule has 0 aliphatic carbocycles. The molecule has 0 radical (unpaired) electrons. The number of pyridine rings is 1. The van der Waals surface area contributed by atoms with Crippen molar-refractivity contribution in [3.63, 3.8) is 0 Å². The monoisotopic (exact) mass is 195 g/mol. The van der Waals surface area contributed by atoms with Crippen molar-refractivity contribution in [3.05, 3.63) is 23.4 Å². The summed E-state index contributed by atoms with van der Waals surface area (Å²) in [4.78, 5) is 14.9. The summed E-state index contributed by atoms with van der Waals surface area (Å²) in [7, 11) is 3.55. The van der Waals surface area contributed by atoms with Crippen LogP contribution in [0.2, 0.25) is 0 Å². The van der Waals surface area contributed by atoms with E-state index in [2.05, 4.69) is 10.4 Å². The van der Waals surface area contributed by atoms with Gasteiger partial charge in [0.1, 0.15) is 5.56 Å². The van der Waals surface area contributed by atoms with Crippen LogP contribution in [0.15, 0.2) is 12.1 Å². The predicted octanol–water partition coefficient (Wildman–Crippen LogP) is 0.977. The highest BCUT2D eigenvalue weighted by Crippen LogP contribution is 2.13. The molecule has 0 atom stereocenters. The lowest BCUT2D eigenvalue weighted by Crippen LogP contribution is -2.22. The summed E-state index contributed by atoms with van der Waals surface area (Å²) < 4.78 is 0. The largest absolute Gasteiger partial charge is 0.478 e. The van der Waals surface area contributed by atoms with Gasteiger partial charge in [-0.25, -0.2) is 14.8 Å². The molecule has 0 aliphatic rings. The number of aryl methyl sites for hydroxylation is 1. The highest BCUT2D eigenvalue weighted by Gasteiger charge is 2.11. The fourth-order valence-corrected chi connectivity index (χ4v) is 1.03. The average molecular weight is 195 g/mol. The Bertz CT molecular complexity index is 350. The van der Waals surface area contributed by atoms with Crippen LogP contribution in [-0.4, -0.2) is 35.2 Å². The van der Waals surface area contributed by atoms with E-state index in [1.807, 2.05) is 6.92 Å². The molecule has 0 bridgehead atoms. The van der Waals surface area contributed by atoms with Crippen molar-refractivity contribution < 1.29 is 9.90 Å². The van der Waals surface area contributed by atoms with Gasteiger partial charge in [-0.3, -0.25) is 0 Å². The van der Waals surface area contributed by atoms with E-state index in [-0.39, 0.29) is 5.56 Å². The first-order valence-electron chi connectivity index (χ1n) is 4.15. The summed E-state index contributed by atoms with van der Waals surface area (Å²) >= 11 is 0. The molecule has 0 spiro atoms. The number of nitrogens with zero attached hydrogens (tertiary/aromatic N) is 2. The third-order valence-electron chi connectivity index (χ3n) is 1.59. The Balaban J connectivity index is 3.09. The van der Waals surface area contributed by atoms with Gasteiger partial charge in [0.15, 0.2) is 5.82 Å². The second kappa shape index (κ2) is 4.06. The maximum atomic E-state index is 10.8. The number of hydrogen-bond donors (Lipinski definition) is 2. The van der Waals surface area contributed by atoms with Gasteiger partial charge in [0.25, 0.3) is 0 Å². The molecule has 2 N–H and O–H groups in total. The molecule has 5 heteroatoms. The molecule has 0 unspecified atom stereocenters. The summed E-state index contributed by atoms with van der Waals surface area (Å²) in [6.45, 7) is 1.81. The number of hydrogen-bond acceptors (Lipinski definition) is 4. The summed E-state index contributed by atoms with van der Waals surface area (Å²) in [5.74, 6) is -0.621. The number of carboxylic acid groups (broad SMARTS) is 1. The van der Waals surface area contributed by atoms with Crippen LogP contribution in [0.3, 0.4) is 0 Å². The molecular formula is C9H13N3O2. The molecule has 0 saturated carbocycles. The topological polar surface area (TPSA) is 65.5 Å². The maximum Gasteiger partial charge on any atom is 0.339 e. The van der Waals surface area contributed by atoms with Crippen molar-refractivity contribution in [2.24, 2.45) is 0 Å². The molecule has 1 rings (SSSR count). The molecule has 1 aromatic rings. The van der Waals surface area contributed by atoms with Gasteiger partial charge in [-0.2, -0.15) is 0 Å². The van der Waals surface area contributed by atoms with Crippen molar-refractivity contribution >= 4 is 11.8 Å². The minimum Gasteiger partial charge on any atom is -0.478 e. The number of carboxylic acids is 1. The van der Waals surface area contributed by atoms with Crippen LogP contribution >= 0.6 is 0 Å². The van der Waals surface area contributed by atoms with E-state index >= 15 is 0 Å². The lowest BCUT2D eigenvalue weighted by Gasteiger charge is -2.14. The van der Waals surface area contributed by atoms with Gasteiger partial charge in [-0.05, 0) is 19.1 Å². The van der Waals surface area contributed by atoms with Crippen LogP contribution in [0.5, 0.6) is 0 Å². The first-order valence-corrected chi connectivity index (χ1v) is 4.15. The van der Waals surface area contributed by atoms with Crippen LogP contribution in [0.4, 0.5) is 5.82 Å². The summed E-state index contributed by atoms with van der Waals surface area (Å²) in [5.41, 5.74) is 3.78. The molecule has 0 aromatic carbocycles. The summed E-state index contributed by atoms with van der Waals surface area (Å²) in [6.07, 6.45) is 0. The van der Waals surface area contributed by atoms with Gasteiger partial charge in [-0.15, -0.1) is 0 Å². The molecule has 5 nitrogen and oxygen atoms in total. The Morgan fingerprint density at radius 3 is 2.64 bits per heavy atom. The minimum absolute atomic E-state index is 0.171. The average Bonchev–Trinajstić information content (AvgIpc) is 2.01. The molecule has 0 amide bonds. The van der Waals surface area contributed by atoms with Crippen molar-refractivity contribution in [1.29, 1.82) is 0 Å². The smallest absolute Gasteiger partial charge is 0.339 e. The van der Waals surface area contributed by atoms with E-state index in [9.17, 15) is 4.79 Å². The van der Waals surface area contributed by atoms with Gasteiger partial charge in [0.2, 0.25) is 0 Å². The van der Waals surface area contributed by atoms with E-state index in [4.69, 9.17) is 5.11 Å². The third-order valence-corrected chi connectivity index (χ3v) is 1.59. The fourth-order valence-electron chi connectivity index (χ4n) is 1.03. The van der Waals surface area contributed by atoms with E-state index < -0.39 is 5.97 Å². The molecule has 1 heterocycles. The minimum atomic E-state index is -0.984. The fraction of sp³-hybridized carbons (Fsp3) is 0.333. The summed E-state index contributed by atoms with van der Waals surface area (Å²) in [6, 6.07) is 3.21. The van der Waals surface area contributed by atoms with Crippen molar-refractivity contribution in [3.8, 4) is 0 Å². The number of aromatic nitrogens is 1. The van der Waals surface area contributed by atoms with E-state index in [1.165, 1.54) is 6.07 Å². The number of rotatable bonds is 3. The highest BCUT2D eigenvalue weighted by atomic mass is 16.4. The molecule has 1 aromatic heterocycles. The van der Waals surface area contributed by atoms with Crippen LogP contribution in [0, 0.1) is 6.92 Å². The van der Waals surface area contributed by atoms with Crippen molar-refractivity contribution in [2.45, 2.75) is 6.92 Å². The first-order chi connectivity index (χ1) is 6.50. The maximum absolute atomic E-state index is 10.8. The molecule has 0 fully saturated rings. The number of carbonyl (C=O) groups is 1. The second-order valence-electron chi connectivity index (χ2n) is 3.16. The quantitative estimate of drug-likeness (QED) is 0.704. The van der Waals surface area contributed by atoms with Crippen LogP contribution in [-0.2, 0) is 0 Å². The molecule has 14 heavy (non-hydrogen) atoms. The van der Waals surface area contributed by atoms with Crippen LogP contribution in [0.25, 0.3) is 0 Å². The Morgan fingerprint density at radius 2 is 2.14 bits per heavy atom. The Kier molecular flexibility index (Phi) is 3.03. The molecule has 0 saturated heterocycles. The van der Waals surface area contributed by atoms with Gasteiger partial charge in [0, 0.05) is 19.8 Å². The Hall–Kier alpha value is -1.62. The normalized spacial score (nSPS) is 10.3. The van der Waals surface area contributed by atoms with Gasteiger partial charge in [-0.1, -0.05) is 0 Å². The van der Waals surface area contributed by atoms with Crippen LogP contribution < -0.4 is 5.43 Å². The molecule has 76 valence electrons. The standard InChI is InChI=1S/C9H13N3O2/c1-6-4-5-7(9(13)14)8(10-6)11-12(2)3/h4-5H,1-3H3,(H,10,11)(H,13,14). The van der Waals surface area contributed by atoms with E-state index in [1.54, 1.807) is 25.2 Å². The number of aromatic carboxylic acids is 1. The van der Waals surface area contributed by atoms with Crippen molar-refractivity contribution in [2.75, 3.05) is 19.5 Å². The Labute approximate surface area is 82.3 Å². The lowest BCUT2D eigenvalue weighted by atomic mass is 10.2. The Morgan fingerprint density at radius 1 is 1.50 bits per heavy atom. The van der Waals surface area contributed by atoms with Gasteiger partial charge < -0.3 is 10.5 Å². The third kappa shape index (κ3) is 2.43. The number of nitrogens with one attached hydrogen (secondary N) is 1. The van der Waals surface area contributed by atoms with Crippen molar-refractivity contribution in [1.82, 2.24) is 9.99 Å². The first kappa shape index (κ1) is 10.5. The molecule has 0 aliphatic heterocycles. The predicted molar refractivity (Wildman–Crippen MR) is 53.2 cm³/mol. The highest BCUT2D eigenvalue weighted by molar-refractivity contribution is 5.92. The van der Waals surface area contributed by atoms with Crippen LogP contribution in [0.1, 0.15) is 16.1 Å². The number of hydrazine groups is 1. The van der Waals surface area contributed by atoms with Gasteiger partial charge >= 0.3 is 5.97 Å². The van der Waals surface area contributed by atoms with E-state index in [0.29, 0.717) is 5.82 Å². The molecular weight excluding hydrogens is 182 g/mol. The van der Waals surface area contributed by atoms with Gasteiger partial charge in [0.05, 0.1) is 0 Å². The summed E-state index contributed by atoms with van der Waals surface area (Å²) in [5, 5.41) is 10.5. The lowest BCUT2D eigenvalue weighted by molar-refractivity contribution is 0.0697. The zero-order valence-corrected chi connectivity index (χ0v) is 8.40. The van der Waals surface area contributed by atoms with E-state index in [0.717, 1.165) is 5.69 Å². The second-order valence-corrected chi connectivity index (χ2v) is 3.16. The SMILES string of the molecule is Cc1ccc(C(=O)O)c(NN(C)C)n1. The zero-order chi connectivity index (χ0) is 10.7. The number of anilines is 1. The zero-order valence-electron chi connectivity index (χ0n) is 8.40.